The van der Waals surface area contributed by atoms with E-state index in [9.17, 15) is 4.79 Å². The molecule has 0 aliphatic rings. The molecule has 0 aromatic carbocycles. The second kappa shape index (κ2) is 9.29. The van der Waals surface area contributed by atoms with Crippen LogP contribution in [0.1, 0.15) is 73.6 Å². The lowest BCUT2D eigenvalue weighted by atomic mass is 9.86. The van der Waals surface area contributed by atoms with Gasteiger partial charge >= 0.3 is 6.09 Å². The average molecular weight is 300 g/mol. The van der Waals surface area contributed by atoms with E-state index in [1.165, 1.54) is 12.8 Å². The highest BCUT2D eigenvalue weighted by molar-refractivity contribution is 5.68. The Morgan fingerprint density at radius 1 is 1.10 bits per heavy atom. The molecule has 0 aromatic rings. The van der Waals surface area contributed by atoms with E-state index in [2.05, 4.69) is 20.8 Å². The standard InChI is InChI=1S/C17H36N2O2/c1-7-8-11-17(5,6)14-19(13-10-9-12-18)15(20)21-16(2,3)4/h7-14,18H2,1-6H3. The molecule has 0 atom stereocenters. The Labute approximate surface area is 131 Å². The normalized spacial score (nSPS) is 12.3. The predicted octanol–water partition coefficient (Wildman–Crippen LogP) is 4.18. The third-order valence-corrected chi connectivity index (χ3v) is 3.36. The van der Waals surface area contributed by atoms with E-state index in [0.29, 0.717) is 6.54 Å². The number of unbranched alkanes of at least 4 members (excludes halogenated alkanes) is 2. The zero-order chi connectivity index (χ0) is 16.5. The number of nitrogens with two attached hydrogens (primary N) is 1. The van der Waals surface area contributed by atoms with Gasteiger partial charge in [-0.2, -0.15) is 0 Å². The number of carbonyl (C=O) groups excluding carboxylic acids is 1. The quantitative estimate of drug-likeness (QED) is 0.650. The monoisotopic (exact) mass is 300 g/mol. The number of hydrogen-bond donors (Lipinski definition) is 1. The van der Waals surface area contributed by atoms with Gasteiger partial charge < -0.3 is 15.4 Å². The SMILES string of the molecule is CCCCC(C)(C)CN(CCCCN)C(=O)OC(C)(C)C. The highest BCUT2D eigenvalue weighted by Crippen LogP contribution is 2.25. The molecule has 4 nitrogen and oxygen atoms in total. The first kappa shape index (κ1) is 20.2. The van der Waals surface area contributed by atoms with Crippen LogP contribution in [0.3, 0.4) is 0 Å². The highest BCUT2D eigenvalue weighted by atomic mass is 16.6. The summed E-state index contributed by atoms with van der Waals surface area (Å²) in [6, 6.07) is 0. The molecule has 0 fully saturated rings. The fourth-order valence-corrected chi connectivity index (χ4v) is 2.26. The summed E-state index contributed by atoms with van der Waals surface area (Å²) < 4.78 is 5.54. The lowest BCUT2D eigenvalue weighted by Gasteiger charge is -2.34. The number of amides is 1. The Bertz CT molecular complexity index is 296. The van der Waals surface area contributed by atoms with E-state index in [-0.39, 0.29) is 11.5 Å². The topological polar surface area (TPSA) is 55.6 Å². The highest BCUT2D eigenvalue weighted by Gasteiger charge is 2.27. The van der Waals surface area contributed by atoms with Crippen molar-refractivity contribution in [2.24, 2.45) is 11.1 Å². The van der Waals surface area contributed by atoms with E-state index < -0.39 is 5.60 Å². The number of hydrogen-bond acceptors (Lipinski definition) is 3. The molecule has 0 heterocycles. The van der Waals surface area contributed by atoms with Crippen LogP contribution in [-0.2, 0) is 4.74 Å². The molecule has 0 bridgehead atoms. The van der Waals surface area contributed by atoms with Crippen LogP contribution in [0, 0.1) is 5.41 Å². The van der Waals surface area contributed by atoms with Gasteiger partial charge in [-0.1, -0.05) is 33.6 Å². The van der Waals surface area contributed by atoms with Crippen molar-refractivity contribution in [2.75, 3.05) is 19.6 Å². The van der Waals surface area contributed by atoms with Crippen molar-refractivity contribution >= 4 is 6.09 Å². The minimum Gasteiger partial charge on any atom is -0.444 e. The molecule has 0 saturated carbocycles. The summed E-state index contributed by atoms with van der Waals surface area (Å²) in [4.78, 5) is 14.2. The molecule has 0 rings (SSSR count). The van der Waals surface area contributed by atoms with Crippen LogP contribution in [0.15, 0.2) is 0 Å². The van der Waals surface area contributed by atoms with Crippen molar-refractivity contribution < 1.29 is 9.53 Å². The van der Waals surface area contributed by atoms with Crippen LogP contribution in [0.25, 0.3) is 0 Å². The average Bonchev–Trinajstić information content (AvgIpc) is 2.33. The van der Waals surface area contributed by atoms with Gasteiger partial charge in [-0.15, -0.1) is 0 Å². The zero-order valence-corrected chi connectivity index (χ0v) is 15.0. The van der Waals surface area contributed by atoms with Crippen LogP contribution >= 0.6 is 0 Å². The summed E-state index contributed by atoms with van der Waals surface area (Å²) in [5, 5.41) is 0. The molecule has 0 aliphatic heterocycles. The first-order valence-electron chi connectivity index (χ1n) is 8.29. The Balaban J connectivity index is 4.68. The lowest BCUT2D eigenvalue weighted by molar-refractivity contribution is 0.0168. The lowest BCUT2D eigenvalue weighted by Crippen LogP contribution is -2.42. The summed E-state index contributed by atoms with van der Waals surface area (Å²) in [5.41, 5.74) is 5.22. The third-order valence-electron chi connectivity index (χ3n) is 3.36. The molecule has 0 saturated heterocycles. The van der Waals surface area contributed by atoms with Gasteiger partial charge in [0.15, 0.2) is 0 Å². The maximum atomic E-state index is 12.4. The maximum absolute atomic E-state index is 12.4. The van der Waals surface area contributed by atoms with E-state index in [1.54, 1.807) is 0 Å². The zero-order valence-electron chi connectivity index (χ0n) is 15.0. The van der Waals surface area contributed by atoms with Gasteiger partial charge in [-0.25, -0.2) is 4.79 Å². The molecule has 4 heteroatoms. The first-order chi connectivity index (χ1) is 9.61. The largest absolute Gasteiger partial charge is 0.444 e. The molecule has 21 heavy (non-hydrogen) atoms. The van der Waals surface area contributed by atoms with Crippen LogP contribution in [-0.4, -0.2) is 36.2 Å². The number of nitrogens with zero attached hydrogens (tertiary/aromatic N) is 1. The maximum Gasteiger partial charge on any atom is 0.410 e. The smallest absolute Gasteiger partial charge is 0.410 e. The summed E-state index contributed by atoms with van der Waals surface area (Å²) in [6.07, 6.45) is 5.17. The molecule has 0 unspecified atom stereocenters. The second-order valence-corrected chi connectivity index (χ2v) is 7.67. The summed E-state index contributed by atoms with van der Waals surface area (Å²) >= 11 is 0. The van der Waals surface area contributed by atoms with Gasteiger partial charge in [0.05, 0.1) is 0 Å². The van der Waals surface area contributed by atoms with Crippen LogP contribution < -0.4 is 5.73 Å². The van der Waals surface area contributed by atoms with Gasteiger partial charge in [0.2, 0.25) is 0 Å². The first-order valence-corrected chi connectivity index (χ1v) is 8.29. The molecule has 2 N–H and O–H groups in total. The number of rotatable bonds is 9. The molecular formula is C17H36N2O2. The van der Waals surface area contributed by atoms with E-state index in [4.69, 9.17) is 10.5 Å². The molecular weight excluding hydrogens is 264 g/mol. The minimum absolute atomic E-state index is 0.121. The van der Waals surface area contributed by atoms with Gasteiger partial charge in [0.1, 0.15) is 5.60 Å². The minimum atomic E-state index is -0.448. The van der Waals surface area contributed by atoms with Crippen molar-refractivity contribution in [3.63, 3.8) is 0 Å². The summed E-state index contributed by atoms with van der Waals surface area (Å²) in [7, 11) is 0. The van der Waals surface area contributed by atoms with Gasteiger partial charge in [0.25, 0.3) is 0 Å². The van der Waals surface area contributed by atoms with E-state index in [1.807, 2.05) is 25.7 Å². The predicted molar refractivity (Wildman–Crippen MR) is 89.4 cm³/mol. The van der Waals surface area contributed by atoms with Crippen molar-refractivity contribution in [3.8, 4) is 0 Å². The fourth-order valence-electron chi connectivity index (χ4n) is 2.26. The molecule has 0 radical (unpaired) electrons. The van der Waals surface area contributed by atoms with Gasteiger partial charge in [-0.3, -0.25) is 0 Å². The van der Waals surface area contributed by atoms with Crippen molar-refractivity contribution in [1.82, 2.24) is 4.90 Å². The number of carbonyl (C=O) groups is 1. The van der Waals surface area contributed by atoms with Gasteiger partial charge in [0, 0.05) is 13.1 Å². The van der Waals surface area contributed by atoms with Crippen molar-refractivity contribution in [1.29, 1.82) is 0 Å². The van der Waals surface area contributed by atoms with E-state index in [0.717, 1.165) is 32.4 Å². The van der Waals surface area contributed by atoms with Crippen LogP contribution in [0.2, 0.25) is 0 Å². The van der Waals surface area contributed by atoms with Gasteiger partial charge in [-0.05, 0) is 52.0 Å². The molecule has 126 valence electrons. The van der Waals surface area contributed by atoms with Crippen molar-refractivity contribution in [3.05, 3.63) is 0 Å². The fraction of sp³-hybridized carbons (Fsp3) is 0.941. The van der Waals surface area contributed by atoms with E-state index >= 15 is 0 Å². The van der Waals surface area contributed by atoms with Crippen molar-refractivity contribution in [2.45, 2.75) is 79.2 Å². The third kappa shape index (κ3) is 10.6. The summed E-state index contributed by atoms with van der Waals surface area (Å²) in [6.45, 7) is 14.5. The second-order valence-electron chi connectivity index (χ2n) is 7.67. The Morgan fingerprint density at radius 2 is 1.71 bits per heavy atom. The summed E-state index contributed by atoms with van der Waals surface area (Å²) in [5.74, 6) is 0. The molecule has 0 spiro atoms. The number of ether oxygens (including phenoxy) is 1. The Morgan fingerprint density at radius 3 is 2.19 bits per heavy atom. The Hall–Kier alpha value is -0.770. The molecule has 0 aliphatic carbocycles. The van der Waals surface area contributed by atoms with Crippen LogP contribution in [0.5, 0.6) is 0 Å². The Kier molecular flexibility index (Phi) is 8.95. The molecule has 0 aromatic heterocycles. The molecule has 1 amide bonds. The van der Waals surface area contributed by atoms with Crippen LogP contribution in [0.4, 0.5) is 4.79 Å².